The predicted molar refractivity (Wildman–Crippen MR) is 134 cm³/mol. The van der Waals surface area contributed by atoms with Gasteiger partial charge in [0.05, 0.1) is 24.7 Å². The van der Waals surface area contributed by atoms with Gasteiger partial charge < -0.3 is 19.5 Å². The van der Waals surface area contributed by atoms with Gasteiger partial charge in [-0.3, -0.25) is 4.79 Å². The van der Waals surface area contributed by atoms with E-state index in [9.17, 15) is 9.90 Å². The van der Waals surface area contributed by atoms with Crippen molar-refractivity contribution in [3.63, 3.8) is 0 Å². The van der Waals surface area contributed by atoms with Gasteiger partial charge in [-0.1, -0.05) is 67.4 Å². The molecule has 0 spiro atoms. The summed E-state index contributed by atoms with van der Waals surface area (Å²) in [5.41, 5.74) is 1.99. The highest BCUT2D eigenvalue weighted by Gasteiger charge is 2.52. The average molecular weight is 470 g/mol. The molecule has 2 fully saturated rings. The second-order valence-corrected chi connectivity index (χ2v) is 10.0. The van der Waals surface area contributed by atoms with Crippen LogP contribution in [0.3, 0.4) is 0 Å². The Morgan fingerprint density at radius 3 is 2.23 bits per heavy atom. The van der Waals surface area contributed by atoms with Crippen molar-refractivity contribution in [3.8, 4) is 17.2 Å². The Balaban J connectivity index is 1.48. The number of fused-ring (bicyclic) bond motifs is 3. The maximum absolute atomic E-state index is 14.6. The molecule has 2 heterocycles. The topological polar surface area (TPSA) is 59.0 Å². The first kappa shape index (κ1) is 22.2. The van der Waals surface area contributed by atoms with Gasteiger partial charge in [0, 0.05) is 29.2 Å². The molecule has 0 aromatic heterocycles. The van der Waals surface area contributed by atoms with Crippen LogP contribution in [0.2, 0.25) is 0 Å². The van der Waals surface area contributed by atoms with E-state index >= 15 is 0 Å². The van der Waals surface area contributed by atoms with Gasteiger partial charge >= 0.3 is 0 Å². The molecule has 6 rings (SSSR count). The molecule has 5 heteroatoms. The van der Waals surface area contributed by atoms with Crippen molar-refractivity contribution in [2.24, 2.45) is 5.92 Å². The highest BCUT2D eigenvalue weighted by atomic mass is 16.5. The summed E-state index contributed by atoms with van der Waals surface area (Å²) < 4.78 is 11.9. The number of benzene rings is 3. The SMILES string of the molecule is COc1ccccc1[C@H]1C2CCCCC2(O)CCN1C(=O)C1c2ccccc2Oc2ccccc21. The van der Waals surface area contributed by atoms with Crippen LogP contribution < -0.4 is 9.47 Å². The Kier molecular flexibility index (Phi) is 5.53. The molecule has 3 aliphatic rings. The number of hydrogen-bond donors (Lipinski definition) is 1. The van der Waals surface area contributed by atoms with Gasteiger partial charge in [-0.15, -0.1) is 0 Å². The number of amides is 1. The average Bonchev–Trinajstić information content (AvgIpc) is 2.90. The van der Waals surface area contributed by atoms with E-state index in [4.69, 9.17) is 9.47 Å². The quantitative estimate of drug-likeness (QED) is 0.525. The molecule has 5 nitrogen and oxygen atoms in total. The lowest BCUT2D eigenvalue weighted by Crippen LogP contribution is -2.57. The molecular formula is C30H31NO4. The molecule has 1 N–H and O–H groups in total. The van der Waals surface area contributed by atoms with Crippen LogP contribution in [0.1, 0.15) is 60.8 Å². The Bertz CT molecular complexity index is 1210. The first-order chi connectivity index (χ1) is 17.1. The van der Waals surface area contributed by atoms with Crippen molar-refractivity contribution in [1.82, 2.24) is 4.90 Å². The minimum Gasteiger partial charge on any atom is -0.496 e. The van der Waals surface area contributed by atoms with Crippen LogP contribution in [-0.4, -0.2) is 35.2 Å². The third-order valence-electron chi connectivity index (χ3n) is 8.24. The van der Waals surface area contributed by atoms with Crippen LogP contribution in [-0.2, 0) is 4.79 Å². The summed E-state index contributed by atoms with van der Waals surface area (Å²) in [5.74, 6) is 1.78. The number of nitrogens with zero attached hydrogens (tertiary/aromatic N) is 1. The number of methoxy groups -OCH3 is 1. The Labute approximate surface area is 206 Å². The lowest BCUT2D eigenvalue weighted by molar-refractivity contribution is -0.156. The smallest absolute Gasteiger partial charge is 0.235 e. The maximum Gasteiger partial charge on any atom is 0.235 e. The molecule has 1 saturated heterocycles. The van der Waals surface area contributed by atoms with Crippen LogP contribution in [0.25, 0.3) is 0 Å². The number of ether oxygens (including phenoxy) is 2. The predicted octanol–water partition coefficient (Wildman–Crippen LogP) is 5.83. The molecule has 35 heavy (non-hydrogen) atoms. The van der Waals surface area contributed by atoms with E-state index < -0.39 is 11.5 Å². The minimum absolute atomic E-state index is 0.0319. The second-order valence-electron chi connectivity index (χ2n) is 10.0. The zero-order valence-electron chi connectivity index (χ0n) is 20.0. The van der Waals surface area contributed by atoms with Crippen molar-refractivity contribution < 1.29 is 19.4 Å². The van der Waals surface area contributed by atoms with Gasteiger partial charge in [0.2, 0.25) is 5.91 Å². The van der Waals surface area contributed by atoms with Crippen LogP contribution in [0.5, 0.6) is 17.2 Å². The Morgan fingerprint density at radius 1 is 0.914 bits per heavy atom. The maximum atomic E-state index is 14.6. The third-order valence-corrected chi connectivity index (χ3v) is 8.24. The van der Waals surface area contributed by atoms with Crippen LogP contribution in [0.15, 0.2) is 72.8 Å². The van der Waals surface area contributed by atoms with Crippen molar-refractivity contribution >= 4 is 5.91 Å². The standard InChI is InChI=1S/C30H31NO4/c1-34-24-14-5-4-12-22(24)28-23-13-8-9-17-30(23,33)18-19-31(28)29(32)27-20-10-2-6-15-25(20)35-26-16-7-3-11-21(26)27/h2-7,10-12,14-16,23,27-28,33H,8-9,13,17-19H2,1H3/t23?,28-,30?/m0/s1. The van der Waals surface area contributed by atoms with Crippen LogP contribution in [0.4, 0.5) is 0 Å². The summed E-state index contributed by atoms with van der Waals surface area (Å²) in [6.07, 6.45) is 4.36. The lowest BCUT2D eigenvalue weighted by Gasteiger charge is -2.53. The Morgan fingerprint density at radius 2 is 1.54 bits per heavy atom. The van der Waals surface area contributed by atoms with E-state index in [1.165, 1.54) is 0 Å². The summed E-state index contributed by atoms with van der Waals surface area (Å²) in [7, 11) is 1.67. The molecule has 2 unspecified atom stereocenters. The molecule has 180 valence electrons. The van der Waals surface area contributed by atoms with Gasteiger partial charge in [-0.2, -0.15) is 0 Å². The molecule has 3 aromatic rings. The van der Waals surface area contributed by atoms with E-state index in [1.807, 2.05) is 71.6 Å². The third kappa shape index (κ3) is 3.61. The van der Waals surface area contributed by atoms with Crippen molar-refractivity contribution in [2.45, 2.75) is 49.7 Å². The summed E-state index contributed by atoms with van der Waals surface area (Å²) in [5, 5.41) is 11.7. The number of rotatable bonds is 3. The number of para-hydroxylation sites is 3. The minimum atomic E-state index is -0.758. The number of carbonyl (C=O) groups excluding carboxylic acids is 1. The lowest BCUT2D eigenvalue weighted by atomic mass is 9.65. The van der Waals surface area contributed by atoms with Crippen molar-refractivity contribution in [1.29, 1.82) is 0 Å². The molecule has 3 aromatic carbocycles. The molecule has 2 aliphatic heterocycles. The van der Waals surface area contributed by atoms with Crippen molar-refractivity contribution in [3.05, 3.63) is 89.5 Å². The van der Waals surface area contributed by atoms with Crippen molar-refractivity contribution in [2.75, 3.05) is 13.7 Å². The number of likely N-dealkylation sites (tertiary alicyclic amines) is 1. The van der Waals surface area contributed by atoms with Gasteiger partial charge in [-0.25, -0.2) is 0 Å². The highest BCUT2D eigenvalue weighted by Crippen LogP contribution is 2.53. The van der Waals surface area contributed by atoms with E-state index in [0.29, 0.717) is 13.0 Å². The highest BCUT2D eigenvalue weighted by molar-refractivity contribution is 5.90. The number of piperidine rings is 1. The molecule has 0 bridgehead atoms. The zero-order chi connectivity index (χ0) is 24.0. The summed E-state index contributed by atoms with van der Waals surface area (Å²) >= 11 is 0. The molecule has 1 aliphatic carbocycles. The van der Waals surface area contributed by atoms with Gasteiger partial charge in [0.15, 0.2) is 0 Å². The number of hydrogen-bond acceptors (Lipinski definition) is 4. The zero-order valence-corrected chi connectivity index (χ0v) is 20.0. The van der Waals surface area contributed by atoms with E-state index in [1.54, 1.807) is 7.11 Å². The van der Waals surface area contributed by atoms with Crippen LogP contribution >= 0.6 is 0 Å². The van der Waals surface area contributed by atoms with Crippen LogP contribution in [0, 0.1) is 5.92 Å². The molecule has 1 saturated carbocycles. The molecule has 1 amide bonds. The van der Waals surface area contributed by atoms with E-state index in [2.05, 4.69) is 6.07 Å². The fourth-order valence-corrected chi connectivity index (χ4v) is 6.57. The fourth-order valence-electron chi connectivity index (χ4n) is 6.57. The van der Waals surface area contributed by atoms with E-state index in [-0.39, 0.29) is 17.9 Å². The summed E-state index contributed by atoms with van der Waals surface area (Å²) in [4.78, 5) is 16.6. The summed E-state index contributed by atoms with van der Waals surface area (Å²) in [6.45, 7) is 0.510. The van der Waals surface area contributed by atoms with E-state index in [0.717, 1.165) is 59.6 Å². The second kappa shape index (κ2) is 8.72. The van der Waals surface area contributed by atoms with Gasteiger partial charge in [-0.05, 0) is 37.5 Å². The number of aliphatic hydroxyl groups is 1. The van der Waals surface area contributed by atoms with Gasteiger partial charge in [0.1, 0.15) is 17.2 Å². The van der Waals surface area contributed by atoms with Gasteiger partial charge in [0.25, 0.3) is 0 Å². The fraction of sp³-hybridized carbons (Fsp3) is 0.367. The first-order valence-corrected chi connectivity index (χ1v) is 12.6. The Hall–Kier alpha value is -3.31. The normalized spacial score (nSPS) is 25.6. The first-order valence-electron chi connectivity index (χ1n) is 12.6. The molecule has 0 radical (unpaired) electrons. The largest absolute Gasteiger partial charge is 0.496 e. The monoisotopic (exact) mass is 469 g/mol. The molecular weight excluding hydrogens is 438 g/mol. The summed E-state index contributed by atoms with van der Waals surface area (Å²) in [6, 6.07) is 23.4. The number of carbonyl (C=O) groups is 1. The molecule has 3 atom stereocenters.